The van der Waals surface area contributed by atoms with Crippen LogP contribution in [0.3, 0.4) is 0 Å². The van der Waals surface area contributed by atoms with Crippen LogP contribution in [-0.2, 0) is 6.54 Å². The Kier molecular flexibility index (Phi) is 2.90. The molecule has 0 saturated carbocycles. The van der Waals surface area contributed by atoms with E-state index in [9.17, 15) is 4.79 Å². The Bertz CT molecular complexity index is 517. The highest BCUT2D eigenvalue weighted by molar-refractivity contribution is 14.1. The summed E-state index contributed by atoms with van der Waals surface area (Å²) >= 11 is 2.01. The van der Waals surface area contributed by atoms with Gasteiger partial charge < -0.3 is 4.42 Å². The zero-order chi connectivity index (χ0) is 10.8. The fraction of sp³-hybridized carbons (Fsp3) is 0.200. The molecule has 0 spiro atoms. The smallest absolute Gasteiger partial charge is 0.267 e. The zero-order valence-electron chi connectivity index (χ0n) is 8.11. The summed E-state index contributed by atoms with van der Waals surface area (Å²) in [7, 11) is 0. The molecule has 4 nitrogen and oxygen atoms in total. The van der Waals surface area contributed by atoms with E-state index in [0.717, 1.165) is 11.5 Å². The number of furan rings is 1. The van der Waals surface area contributed by atoms with Crippen molar-refractivity contribution in [2.45, 2.75) is 13.5 Å². The van der Waals surface area contributed by atoms with E-state index in [0.29, 0.717) is 10.1 Å². The second kappa shape index (κ2) is 4.18. The standard InChI is InChI=1S/C10H9IN2O2/c1-7-9(11)10(14)13(6-12-7)5-8-3-2-4-15-8/h2-4,6H,5H2,1H3. The Morgan fingerprint density at radius 2 is 2.40 bits per heavy atom. The predicted molar refractivity (Wildman–Crippen MR) is 63.8 cm³/mol. The minimum Gasteiger partial charge on any atom is -0.467 e. The Morgan fingerprint density at radius 3 is 3.07 bits per heavy atom. The number of hydrogen-bond donors (Lipinski definition) is 0. The molecule has 0 saturated heterocycles. The lowest BCUT2D eigenvalue weighted by Gasteiger charge is -2.04. The van der Waals surface area contributed by atoms with Gasteiger partial charge in [-0.05, 0) is 41.6 Å². The van der Waals surface area contributed by atoms with E-state index >= 15 is 0 Å². The SMILES string of the molecule is Cc1ncn(Cc2ccco2)c(=O)c1I. The molecule has 78 valence electrons. The van der Waals surface area contributed by atoms with Crippen LogP contribution in [0.4, 0.5) is 0 Å². The fourth-order valence-corrected chi connectivity index (χ4v) is 1.68. The van der Waals surface area contributed by atoms with E-state index in [4.69, 9.17) is 4.42 Å². The van der Waals surface area contributed by atoms with E-state index in [1.165, 1.54) is 4.57 Å². The summed E-state index contributed by atoms with van der Waals surface area (Å²) in [4.78, 5) is 15.9. The molecule has 0 aliphatic carbocycles. The van der Waals surface area contributed by atoms with Gasteiger partial charge in [0.05, 0.1) is 28.4 Å². The van der Waals surface area contributed by atoms with E-state index < -0.39 is 0 Å². The summed E-state index contributed by atoms with van der Waals surface area (Å²) in [6.07, 6.45) is 3.13. The predicted octanol–water partition coefficient (Wildman–Crippen LogP) is 1.80. The minimum atomic E-state index is -0.0282. The van der Waals surface area contributed by atoms with Gasteiger partial charge in [0.1, 0.15) is 5.76 Å². The van der Waals surface area contributed by atoms with E-state index in [2.05, 4.69) is 4.98 Å². The number of halogens is 1. The Hall–Kier alpha value is -1.11. The van der Waals surface area contributed by atoms with Crippen LogP contribution < -0.4 is 5.56 Å². The van der Waals surface area contributed by atoms with Gasteiger partial charge in [-0.25, -0.2) is 4.98 Å². The maximum Gasteiger partial charge on any atom is 0.267 e. The largest absolute Gasteiger partial charge is 0.467 e. The molecule has 0 bridgehead atoms. The summed E-state index contributed by atoms with van der Waals surface area (Å²) in [5.41, 5.74) is 0.732. The van der Waals surface area contributed by atoms with Crippen molar-refractivity contribution in [3.63, 3.8) is 0 Å². The molecule has 15 heavy (non-hydrogen) atoms. The number of nitrogens with zero attached hydrogens (tertiary/aromatic N) is 2. The average molecular weight is 316 g/mol. The Morgan fingerprint density at radius 1 is 1.60 bits per heavy atom. The van der Waals surface area contributed by atoms with Gasteiger partial charge >= 0.3 is 0 Å². The van der Waals surface area contributed by atoms with Crippen molar-refractivity contribution in [1.29, 1.82) is 0 Å². The monoisotopic (exact) mass is 316 g/mol. The molecular weight excluding hydrogens is 307 g/mol. The van der Waals surface area contributed by atoms with E-state index in [1.807, 2.05) is 35.6 Å². The lowest BCUT2D eigenvalue weighted by Crippen LogP contribution is -2.24. The highest BCUT2D eigenvalue weighted by Crippen LogP contribution is 2.04. The third-order valence-corrected chi connectivity index (χ3v) is 3.31. The van der Waals surface area contributed by atoms with Crippen molar-refractivity contribution in [3.8, 4) is 0 Å². The van der Waals surface area contributed by atoms with Gasteiger partial charge in [-0.3, -0.25) is 9.36 Å². The van der Waals surface area contributed by atoms with Crippen LogP contribution >= 0.6 is 22.6 Å². The van der Waals surface area contributed by atoms with Gasteiger partial charge in [0.15, 0.2) is 0 Å². The van der Waals surface area contributed by atoms with Gasteiger partial charge in [0, 0.05) is 0 Å². The topological polar surface area (TPSA) is 48.0 Å². The summed E-state index contributed by atoms with van der Waals surface area (Å²) in [6.45, 7) is 2.25. The van der Waals surface area contributed by atoms with Gasteiger partial charge in [-0.15, -0.1) is 0 Å². The Labute approximate surface area is 100 Å². The molecule has 0 aliphatic rings. The maximum atomic E-state index is 11.8. The van der Waals surface area contributed by atoms with Crippen LogP contribution in [0, 0.1) is 10.5 Å². The third-order valence-electron chi connectivity index (χ3n) is 2.06. The highest BCUT2D eigenvalue weighted by atomic mass is 127. The first-order valence-corrected chi connectivity index (χ1v) is 5.50. The summed E-state index contributed by atoms with van der Waals surface area (Å²) in [5.74, 6) is 0.749. The van der Waals surface area contributed by atoms with Crippen LogP contribution in [-0.4, -0.2) is 9.55 Å². The highest BCUT2D eigenvalue weighted by Gasteiger charge is 2.06. The molecule has 0 aliphatic heterocycles. The van der Waals surface area contributed by atoms with Crippen molar-refractivity contribution < 1.29 is 4.42 Å². The number of aromatic nitrogens is 2. The number of hydrogen-bond acceptors (Lipinski definition) is 3. The van der Waals surface area contributed by atoms with Crippen molar-refractivity contribution in [3.05, 3.63) is 50.1 Å². The van der Waals surface area contributed by atoms with Crippen LogP contribution in [0.25, 0.3) is 0 Å². The van der Waals surface area contributed by atoms with Crippen LogP contribution in [0.2, 0.25) is 0 Å². The molecule has 0 radical (unpaired) electrons. The zero-order valence-corrected chi connectivity index (χ0v) is 10.3. The van der Waals surface area contributed by atoms with Gasteiger partial charge in [-0.2, -0.15) is 0 Å². The van der Waals surface area contributed by atoms with Crippen molar-refractivity contribution in [1.82, 2.24) is 9.55 Å². The lowest BCUT2D eigenvalue weighted by molar-refractivity contribution is 0.487. The van der Waals surface area contributed by atoms with E-state index in [-0.39, 0.29) is 5.56 Å². The molecule has 2 aromatic heterocycles. The van der Waals surface area contributed by atoms with Gasteiger partial charge in [-0.1, -0.05) is 0 Å². The van der Waals surface area contributed by atoms with Crippen LogP contribution in [0.5, 0.6) is 0 Å². The molecule has 2 aromatic rings. The molecule has 0 atom stereocenters. The second-order valence-corrected chi connectivity index (χ2v) is 4.24. The van der Waals surface area contributed by atoms with E-state index in [1.54, 1.807) is 18.7 Å². The summed E-state index contributed by atoms with van der Waals surface area (Å²) in [6, 6.07) is 3.63. The van der Waals surface area contributed by atoms with Crippen molar-refractivity contribution in [2.75, 3.05) is 0 Å². The van der Waals surface area contributed by atoms with Gasteiger partial charge in [0.25, 0.3) is 5.56 Å². The van der Waals surface area contributed by atoms with Crippen molar-refractivity contribution in [2.24, 2.45) is 0 Å². The second-order valence-electron chi connectivity index (χ2n) is 3.16. The average Bonchev–Trinajstić information content (AvgIpc) is 2.72. The molecule has 0 N–H and O–H groups in total. The summed E-state index contributed by atoms with van der Waals surface area (Å²) < 4.78 is 7.36. The summed E-state index contributed by atoms with van der Waals surface area (Å²) in [5, 5.41) is 0. The van der Waals surface area contributed by atoms with Crippen LogP contribution in [0.1, 0.15) is 11.5 Å². The van der Waals surface area contributed by atoms with Crippen LogP contribution in [0.15, 0.2) is 33.9 Å². The number of aryl methyl sites for hydroxylation is 1. The minimum absolute atomic E-state index is 0.0282. The molecule has 0 fully saturated rings. The normalized spacial score (nSPS) is 10.5. The maximum absolute atomic E-state index is 11.8. The fourth-order valence-electron chi connectivity index (χ4n) is 1.23. The third kappa shape index (κ3) is 2.11. The quantitative estimate of drug-likeness (QED) is 0.794. The first-order valence-electron chi connectivity index (χ1n) is 4.42. The molecule has 5 heteroatoms. The lowest BCUT2D eigenvalue weighted by atomic mass is 10.4. The van der Waals surface area contributed by atoms with Gasteiger partial charge in [0.2, 0.25) is 0 Å². The number of rotatable bonds is 2. The molecule has 0 aromatic carbocycles. The molecule has 0 amide bonds. The molecular formula is C10H9IN2O2. The Balaban J connectivity index is 2.38. The molecule has 2 heterocycles. The molecule has 2 rings (SSSR count). The first kappa shape index (κ1) is 10.4. The first-order chi connectivity index (χ1) is 7.18. The molecule has 0 unspecified atom stereocenters. The van der Waals surface area contributed by atoms with Crippen molar-refractivity contribution >= 4 is 22.6 Å².